The summed E-state index contributed by atoms with van der Waals surface area (Å²) in [6.45, 7) is 3.45. The average Bonchev–Trinajstić information content (AvgIpc) is 2.39. The second-order valence-electron chi connectivity index (χ2n) is 4.53. The molecule has 2 atom stereocenters. The molecule has 0 spiro atoms. The molecule has 0 radical (unpaired) electrons. The molecule has 0 fully saturated rings. The molecular formula is C16H17FO2. The molecule has 2 nitrogen and oxygen atoms in total. The molecule has 2 rings (SSSR count). The van der Waals surface area contributed by atoms with E-state index in [2.05, 4.69) is 0 Å². The van der Waals surface area contributed by atoms with Crippen molar-refractivity contribution >= 4 is 0 Å². The van der Waals surface area contributed by atoms with Crippen LogP contribution in [0.1, 0.15) is 37.2 Å². The summed E-state index contributed by atoms with van der Waals surface area (Å²) >= 11 is 0. The molecule has 3 heteroatoms. The highest BCUT2D eigenvalue weighted by molar-refractivity contribution is 5.31. The molecule has 100 valence electrons. The van der Waals surface area contributed by atoms with Crippen LogP contribution in [0.2, 0.25) is 0 Å². The second kappa shape index (κ2) is 5.85. The standard InChI is InChI=1S/C16H17FO2/c1-11(18)15-9-8-14(10-16(15)17)19-12(2)13-6-4-3-5-7-13/h3-12,18H,1-2H3/t11-,12?/m0/s1. The van der Waals surface area contributed by atoms with Crippen molar-refractivity contribution in [2.24, 2.45) is 0 Å². The first-order valence-electron chi connectivity index (χ1n) is 6.27. The van der Waals surface area contributed by atoms with Crippen LogP contribution in [0.4, 0.5) is 4.39 Å². The molecule has 0 aliphatic rings. The SMILES string of the molecule is CC(Oc1ccc([C@H](C)O)c(F)c1)c1ccccc1. The van der Waals surface area contributed by atoms with Gasteiger partial charge in [0.05, 0.1) is 6.10 Å². The minimum absolute atomic E-state index is 0.155. The normalized spacial score (nSPS) is 13.9. The predicted molar refractivity (Wildman–Crippen MR) is 72.5 cm³/mol. The van der Waals surface area contributed by atoms with E-state index >= 15 is 0 Å². The number of hydrogen-bond acceptors (Lipinski definition) is 2. The van der Waals surface area contributed by atoms with Gasteiger partial charge >= 0.3 is 0 Å². The van der Waals surface area contributed by atoms with Crippen molar-refractivity contribution < 1.29 is 14.2 Å². The van der Waals surface area contributed by atoms with E-state index in [0.29, 0.717) is 5.75 Å². The Morgan fingerprint density at radius 1 is 1.05 bits per heavy atom. The van der Waals surface area contributed by atoms with E-state index in [9.17, 15) is 9.50 Å². The lowest BCUT2D eigenvalue weighted by Gasteiger charge is -2.16. The first kappa shape index (κ1) is 13.6. The maximum Gasteiger partial charge on any atom is 0.132 e. The third kappa shape index (κ3) is 3.32. The van der Waals surface area contributed by atoms with Gasteiger partial charge in [-0.1, -0.05) is 30.3 Å². The van der Waals surface area contributed by atoms with Crippen molar-refractivity contribution in [1.29, 1.82) is 0 Å². The van der Waals surface area contributed by atoms with Gasteiger partial charge in [0.15, 0.2) is 0 Å². The fourth-order valence-electron chi connectivity index (χ4n) is 1.92. The van der Waals surface area contributed by atoms with Crippen molar-refractivity contribution in [1.82, 2.24) is 0 Å². The molecule has 19 heavy (non-hydrogen) atoms. The number of rotatable bonds is 4. The summed E-state index contributed by atoms with van der Waals surface area (Å²) in [5.41, 5.74) is 1.31. The van der Waals surface area contributed by atoms with Gasteiger partial charge in [0.25, 0.3) is 0 Å². The minimum Gasteiger partial charge on any atom is -0.486 e. The first-order valence-corrected chi connectivity index (χ1v) is 6.27. The van der Waals surface area contributed by atoms with E-state index in [1.807, 2.05) is 37.3 Å². The van der Waals surface area contributed by atoms with Crippen molar-refractivity contribution in [2.75, 3.05) is 0 Å². The lowest BCUT2D eigenvalue weighted by atomic mass is 10.1. The summed E-state index contributed by atoms with van der Waals surface area (Å²) in [5.74, 6) is 0.00557. The van der Waals surface area contributed by atoms with E-state index in [1.54, 1.807) is 12.1 Å². The van der Waals surface area contributed by atoms with Crippen molar-refractivity contribution in [3.05, 3.63) is 65.5 Å². The second-order valence-corrected chi connectivity index (χ2v) is 4.53. The topological polar surface area (TPSA) is 29.5 Å². The molecule has 1 unspecified atom stereocenters. The number of aliphatic hydroxyl groups is 1. The van der Waals surface area contributed by atoms with Gasteiger partial charge in [-0.15, -0.1) is 0 Å². The van der Waals surface area contributed by atoms with Gasteiger partial charge in [-0.3, -0.25) is 0 Å². The Kier molecular flexibility index (Phi) is 4.17. The maximum atomic E-state index is 13.7. The monoisotopic (exact) mass is 260 g/mol. The fraction of sp³-hybridized carbons (Fsp3) is 0.250. The van der Waals surface area contributed by atoms with Crippen LogP contribution in [0, 0.1) is 5.82 Å². The van der Waals surface area contributed by atoms with Gasteiger partial charge in [-0.2, -0.15) is 0 Å². The first-order chi connectivity index (χ1) is 9.08. The van der Waals surface area contributed by atoms with Gasteiger partial charge in [0.2, 0.25) is 0 Å². The van der Waals surface area contributed by atoms with Crippen LogP contribution in [0.25, 0.3) is 0 Å². The van der Waals surface area contributed by atoms with Gasteiger partial charge < -0.3 is 9.84 Å². The van der Waals surface area contributed by atoms with Crippen LogP contribution >= 0.6 is 0 Å². The molecule has 0 amide bonds. The third-order valence-electron chi connectivity index (χ3n) is 3.00. The summed E-state index contributed by atoms with van der Waals surface area (Å²) in [5, 5.41) is 9.37. The summed E-state index contributed by atoms with van der Waals surface area (Å²) < 4.78 is 19.4. The van der Waals surface area contributed by atoms with Crippen LogP contribution in [-0.2, 0) is 0 Å². The van der Waals surface area contributed by atoms with Crippen LogP contribution < -0.4 is 4.74 Å². The van der Waals surface area contributed by atoms with Gasteiger partial charge in [-0.05, 0) is 31.5 Å². The zero-order valence-electron chi connectivity index (χ0n) is 11.0. The number of halogens is 1. The molecule has 0 saturated carbocycles. The molecule has 0 bridgehead atoms. The quantitative estimate of drug-likeness (QED) is 0.899. The summed E-state index contributed by atoms with van der Waals surface area (Å²) in [4.78, 5) is 0. The zero-order chi connectivity index (χ0) is 13.8. The highest BCUT2D eigenvalue weighted by Gasteiger charge is 2.11. The molecular weight excluding hydrogens is 243 g/mol. The van der Waals surface area contributed by atoms with E-state index in [-0.39, 0.29) is 11.7 Å². The summed E-state index contributed by atoms with van der Waals surface area (Å²) in [7, 11) is 0. The van der Waals surface area contributed by atoms with Gasteiger partial charge in [0, 0.05) is 11.6 Å². The molecule has 0 aliphatic heterocycles. The fourth-order valence-corrected chi connectivity index (χ4v) is 1.92. The van der Waals surface area contributed by atoms with Crippen molar-refractivity contribution in [3.63, 3.8) is 0 Å². The zero-order valence-corrected chi connectivity index (χ0v) is 11.0. The van der Waals surface area contributed by atoms with Crippen molar-refractivity contribution in [2.45, 2.75) is 26.1 Å². The van der Waals surface area contributed by atoms with E-state index in [1.165, 1.54) is 13.0 Å². The largest absolute Gasteiger partial charge is 0.486 e. The lowest BCUT2D eigenvalue weighted by molar-refractivity contribution is 0.193. The molecule has 0 aromatic heterocycles. The van der Waals surface area contributed by atoms with E-state index in [4.69, 9.17) is 4.74 Å². The molecule has 0 heterocycles. The Balaban J connectivity index is 2.14. The third-order valence-corrected chi connectivity index (χ3v) is 3.00. The molecule has 2 aromatic carbocycles. The molecule has 2 aromatic rings. The van der Waals surface area contributed by atoms with Gasteiger partial charge in [-0.25, -0.2) is 4.39 Å². The number of hydrogen-bond donors (Lipinski definition) is 1. The van der Waals surface area contributed by atoms with E-state index in [0.717, 1.165) is 5.56 Å². The summed E-state index contributed by atoms with van der Waals surface area (Å²) in [6, 6.07) is 14.3. The maximum absolute atomic E-state index is 13.7. The van der Waals surface area contributed by atoms with Gasteiger partial charge in [0.1, 0.15) is 17.7 Å². The van der Waals surface area contributed by atoms with Crippen LogP contribution in [0.3, 0.4) is 0 Å². The smallest absolute Gasteiger partial charge is 0.132 e. The Morgan fingerprint density at radius 3 is 2.32 bits per heavy atom. The van der Waals surface area contributed by atoms with Crippen LogP contribution in [0.5, 0.6) is 5.75 Å². The predicted octanol–water partition coefficient (Wildman–Crippen LogP) is 4.02. The van der Waals surface area contributed by atoms with E-state index < -0.39 is 11.9 Å². The summed E-state index contributed by atoms with van der Waals surface area (Å²) in [6.07, 6.45) is -0.974. The van der Waals surface area contributed by atoms with Crippen LogP contribution in [0.15, 0.2) is 48.5 Å². The minimum atomic E-state index is -0.819. The molecule has 0 aliphatic carbocycles. The average molecular weight is 260 g/mol. The lowest BCUT2D eigenvalue weighted by Crippen LogP contribution is -2.04. The number of benzene rings is 2. The Morgan fingerprint density at radius 2 is 1.74 bits per heavy atom. The number of aliphatic hydroxyl groups excluding tert-OH is 1. The van der Waals surface area contributed by atoms with Crippen LogP contribution in [-0.4, -0.2) is 5.11 Å². The highest BCUT2D eigenvalue weighted by Crippen LogP contribution is 2.25. The Hall–Kier alpha value is -1.87. The number of ether oxygens (including phenoxy) is 1. The Labute approximate surface area is 112 Å². The Bertz CT molecular complexity index is 538. The molecule has 1 N–H and O–H groups in total. The molecule has 0 saturated heterocycles. The highest BCUT2D eigenvalue weighted by atomic mass is 19.1. The van der Waals surface area contributed by atoms with Crippen molar-refractivity contribution in [3.8, 4) is 5.75 Å².